The third kappa shape index (κ3) is 10.1. The van der Waals surface area contributed by atoms with Crippen LogP contribution in [0.15, 0.2) is 0 Å². The van der Waals surface area contributed by atoms with E-state index in [9.17, 15) is 0 Å². The van der Waals surface area contributed by atoms with E-state index in [1.54, 1.807) is 14.2 Å². The number of ether oxygens (including phenoxy) is 2. The number of rotatable bonds is 16. The third-order valence-electron chi connectivity index (χ3n) is 4.23. The summed E-state index contributed by atoms with van der Waals surface area (Å²) in [7, 11) is 3.36. The maximum Gasteiger partial charge on any atom is 0.217 e. The molecule has 134 valence electrons. The van der Waals surface area contributed by atoms with Gasteiger partial charge >= 0.3 is 0 Å². The molecule has 0 aromatic carbocycles. The van der Waals surface area contributed by atoms with E-state index in [2.05, 4.69) is 24.9 Å². The van der Waals surface area contributed by atoms with Crippen molar-refractivity contribution in [2.45, 2.75) is 69.8 Å². The average Bonchev–Trinajstić information content (AvgIpc) is 2.55. The Labute approximate surface area is 143 Å². The summed E-state index contributed by atoms with van der Waals surface area (Å²) in [6, 6.07) is 0. The van der Waals surface area contributed by atoms with Gasteiger partial charge in [-0.3, -0.25) is 0 Å². The molecule has 4 nitrogen and oxygen atoms in total. The minimum Gasteiger partial charge on any atom is -0.345 e. The summed E-state index contributed by atoms with van der Waals surface area (Å²) in [6.45, 7) is 4.80. The monoisotopic (exact) mass is 334 g/mol. The molecule has 0 bridgehead atoms. The Morgan fingerprint density at radius 3 is 2.14 bits per heavy atom. The fourth-order valence-corrected chi connectivity index (χ4v) is 3.06. The molecule has 3 N–H and O–H groups in total. The highest BCUT2D eigenvalue weighted by atomic mass is 32.1. The molecule has 0 saturated carbocycles. The van der Waals surface area contributed by atoms with E-state index in [0.29, 0.717) is 12.5 Å². The summed E-state index contributed by atoms with van der Waals surface area (Å²) in [5.74, 6) is 0.316. The fraction of sp³-hybridized carbons (Fsp3) is 1.00. The second-order valence-corrected chi connectivity index (χ2v) is 6.60. The number of hydrogen-bond donors (Lipinski definition) is 3. The molecular formula is C17H38N2O2S. The Bertz CT molecular complexity index is 239. The quantitative estimate of drug-likeness (QED) is 0.229. The van der Waals surface area contributed by atoms with E-state index in [-0.39, 0.29) is 0 Å². The van der Waals surface area contributed by atoms with Crippen LogP contribution in [0, 0.1) is 5.92 Å². The molecule has 0 heterocycles. The SMILES string of the molecule is CCCCCCCCC(CCCNCCN)C(S)(OC)OC. The van der Waals surface area contributed by atoms with Gasteiger partial charge in [-0.25, -0.2) is 0 Å². The zero-order valence-electron chi connectivity index (χ0n) is 14.9. The Hall–Kier alpha value is 0.190. The molecule has 0 aliphatic heterocycles. The van der Waals surface area contributed by atoms with Gasteiger partial charge in [-0.1, -0.05) is 45.4 Å². The zero-order valence-corrected chi connectivity index (χ0v) is 15.8. The van der Waals surface area contributed by atoms with E-state index in [0.717, 1.165) is 32.4 Å². The molecule has 0 fully saturated rings. The Kier molecular flexibility index (Phi) is 14.9. The van der Waals surface area contributed by atoms with Crippen molar-refractivity contribution in [3.05, 3.63) is 0 Å². The fourth-order valence-electron chi connectivity index (χ4n) is 2.80. The smallest absolute Gasteiger partial charge is 0.217 e. The lowest BCUT2D eigenvalue weighted by Crippen LogP contribution is -2.37. The van der Waals surface area contributed by atoms with Gasteiger partial charge < -0.3 is 20.5 Å². The van der Waals surface area contributed by atoms with Crippen LogP contribution in [0.3, 0.4) is 0 Å². The second-order valence-electron chi connectivity index (χ2n) is 5.97. The predicted octanol–water partition coefficient (Wildman–Crippen LogP) is 3.56. The van der Waals surface area contributed by atoms with E-state index in [1.807, 2.05) is 0 Å². The van der Waals surface area contributed by atoms with Gasteiger partial charge in [0.2, 0.25) is 5.12 Å². The molecule has 0 aliphatic carbocycles. The van der Waals surface area contributed by atoms with Crippen molar-refractivity contribution < 1.29 is 9.47 Å². The highest BCUT2D eigenvalue weighted by Gasteiger charge is 2.34. The number of nitrogens with two attached hydrogens (primary N) is 1. The molecule has 0 spiro atoms. The van der Waals surface area contributed by atoms with Crippen LogP contribution in [0.25, 0.3) is 0 Å². The van der Waals surface area contributed by atoms with Crippen molar-refractivity contribution in [3.63, 3.8) is 0 Å². The lowest BCUT2D eigenvalue weighted by atomic mass is 9.94. The van der Waals surface area contributed by atoms with Crippen LogP contribution < -0.4 is 11.1 Å². The van der Waals surface area contributed by atoms with Gasteiger partial charge in [0, 0.05) is 33.2 Å². The number of nitrogens with one attached hydrogen (secondary N) is 1. The van der Waals surface area contributed by atoms with Gasteiger partial charge in [0.15, 0.2) is 0 Å². The number of methoxy groups -OCH3 is 2. The number of hydrogen-bond acceptors (Lipinski definition) is 5. The van der Waals surface area contributed by atoms with Crippen LogP contribution in [0.4, 0.5) is 0 Å². The average molecular weight is 335 g/mol. The van der Waals surface area contributed by atoms with Crippen LogP contribution in [0.1, 0.15) is 64.7 Å². The number of thiol groups is 1. The largest absolute Gasteiger partial charge is 0.345 e. The molecule has 0 saturated heterocycles. The van der Waals surface area contributed by atoms with E-state index in [4.69, 9.17) is 15.2 Å². The number of unbranched alkanes of at least 4 members (excludes halogenated alkanes) is 5. The molecule has 0 aromatic rings. The van der Waals surface area contributed by atoms with Gasteiger partial charge in [-0.05, 0) is 25.8 Å². The molecule has 0 radical (unpaired) electrons. The third-order valence-corrected chi connectivity index (χ3v) is 4.96. The van der Waals surface area contributed by atoms with Crippen LogP contribution in [0.2, 0.25) is 0 Å². The Morgan fingerprint density at radius 1 is 0.955 bits per heavy atom. The molecule has 0 aromatic heterocycles. The summed E-state index contributed by atoms with van der Waals surface area (Å²) in [5.41, 5.74) is 5.48. The summed E-state index contributed by atoms with van der Waals surface area (Å²) in [5, 5.41) is 2.57. The first kappa shape index (κ1) is 22.2. The van der Waals surface area contributed by atoms with Crippen molar-refractivity contribution >= 4 is 12.6 Å². The maximum atomic E-state index is 5.52. The normalized spacial score (nSPS) is 13.5. The lowest BCUT2D eigenvalue weighted by Gasteiger charge is -2.34. The molecule has 1 unspecified atom stereocenters. The van der Waals surface area contributed by atoms with Crippen molar-refractivity contribution in [1.29, 1.82) is 0 Å². The second kappa shape index (κ2) is 14.8. The maximum absolute atomic E-state index is 5.52. The Balaban J connectivity index is 4.11. The minimum absolute atomic E-state index is 0.316. The Morgan fingerprint density at radius 2 is 1.55 bits per heavy atom. The topological polar surface area (TPSA) is 56.5 Å². The van der Waals surface area contributed by atoms with Crippen LogP contribution >= 0.6 is 12.6 Å². The molecule has 0 amide bonds. The first-order chi connectivity index (χ1) is 10.6. The summed E-state index contributed by atoms with van der Waals surface area (Å²) >= 11 is 4.63. The first-order valence-electron chi connectivity index (χ1n) is 8.88. The van der Waals surface area contributed by atoms with E-state index < -0.39 is 5.12 Å². The van der Waals surface area contributed by atoms with Gasteiger partial charge in [0.1, 0.15) is 0 Å². The van der Waals surface area contributed by atoms with Gasteiger partial charge in [0.05, 0.1) is 0 Å². The van der Waals surface area contributed by atoms with E-state index in [1.165, 1.54) is 38.5 Å². The van der Waals surface area contributed by atoms with Gasteiger partial charge in [-0.15, -0.1) is 12.6 Å². The van der Waals surface area contributed by atoms with Crippen LogP contribution in [-0.4, -0.2) is 39.0 Å². The summed E-state index contributed by atoms with van der Waals surface area (Å²) in [4.78, 5) is 0. The standard InChI is InChI=1S/C17H38N2O2S/c1-4-5-6-7-8-9-11-16(17(22,20-2)21-3)12-10-14-19-15-13-18/h16,19,22H,4-15,18H2,1-3H3. The molecule has 5 heteroatoms. The van der Waals surface area contributed by atoms with Gasteiger partial charge in [-0.2, -0.15) is 0 Å². The van der Waals surface area contributed by atoms with Crippen LogP contribution in [-0.2, 0) is 9.47 Å². The van der Waals surface area contributed by atoms with Crippen LogP contribution in [0.5, 0.6) is 0 Å². The zero-order chi connectivity index (χ0) is 16.7. The molecule has 22 heavy (non-hydrogen) atoms. The molecule has 0 aliphatic rings. The molecule has 1 atom stereocenters. The van der Waals surface area contributed by atoms with Crippen molar-refractivity contribution in [2.24, 2.45) is 11.7 Å². The highest BCUT2D eigenvalue weighted by Crippen LogP contribution is 2.34. The van der Waals surface area contributed by atoms with Crippen molar-refractivity contribution in [1.82, 2.24) is 5.32 Å². The van der Waals surface area contributed by atoms with Gasteiger partial charge in [0.25, 0.3) is 0 Å². The van der Waals surface area contributed by atoms with Crippen molar-refractivity contribution in [3.8, 4) is 0 Å². The minimum atomic E-state index is -0.767. The molecular weight excluding hydrogens is 296 g/mol. The van der Waals surface area contributed by atoms with Crippen molar-refractivity contribution in [2.75, 3.05) is 33.9 Å². The van der Waals surface area contributed by atoms with E-state index >= 15 is 0 Å². The summed E-state index contributed by atoms with van der Waals surface area (Å²) in [6.07, 6.45) is 11.1. The first-order valence-corrected chi connectivity index (χ1v) is 9.32. The lowest BCUT2D eigenvalue weighted by molar-refractivity contribution is -0.170. The predicted molar refractivity (Wildman–Crippen MR) is 98.4 cm³/mol. The highest BCUT2D eigenvalue weighted by molar-refractivity contribution is 7.81. The molecule has 0 rings (SSSR count). The summed E-state index contributed by atoms with van der Waals surface area (Å²) < 4.78 is 11.0.